The van der Waals surface area contributed by atoms with Crippen LogP contribution in [-0.4, -0.2) is 12.9 Å². The third kappa shape index (κ3) is 2.50. The molecule has 2 nitrogen and oxygen atoms in total. The highest BCUT2D eigenvalue weighted by atomic mass is 19.1. The Labute approximate surface area is 121 Å². The minimum atomic E-state index is -0.458. The smallest absolute Gasteiger partial charge is 0.196 e. The molecule has 104 valence electrons. The topological polar surface area (TPSA) is 26.3 Å². The number of benzene rings is 3. The zero-order valence-electron chi connectivity index (χ0n) is 11.5. The number of rotatable bonds is 3. The van der Waals surface area contributed by atoms with Gasteiger partial charge in [0.1, 0.15) is 11.6 Å². The molecule has 0 atom stereocenters. The van der Waals surface area contributed by atoms with Crippen LogP contribution in [0.15, 0.2) is 60.7 Å². The van der Waals surface area contributed by atoms with Crippen molar-refractivity contribution in [1.82, 2.24) is 0 Å². The third-order valence-corrected chi connectivity index (χ3v) is 3.42. The fourth-order valence-electron chi connectivity index (χ4n) is 2.34. The number of hydrogen-bond acceptors (Lipinski definition) is 2. The van der Waals surface area contributed by atoms with E-state index in [-0.39, 0.29) is 11.3 Å². The predicted octanol–water partition coefficient (Wildman–Crippen LogP) is 4.22. The van der Waals surface area contributed by atoms with Gasteiger partial charge in [-0.1, -0.05) is 36.4 Å². The molecule has 0 fully saturated rings. The number of halogens is 1. The number of carbonyl (C=O) groups excluding carboxylic acids is 1. The van der Waals surface area contributed by atoms with Gasteiger partial charge in [-0.05, 0) is 35.0 Å². The summed E-state index contributed by atoms with van der Waals surface area (Å²) in [6.07, 6.45) is 0. The molecule has 0 aliphatic rings. The third-order valence-electron chi connectivity index (χ3n) is 3.42. The van der Waals surface area contributed by atoms with E-state index in [1.54, 1.807) is 6.07 Å². The van der Waals surface area contributed by atoms with E-state index < -0.39 is 5.82 Å². The summed E-state index contributed by atoms with van der Waals surface area (Å²) in [4.78, 5) is 12.6. The van der Waals surface area contributed by atoms with Crippen molar-refractivity contribution in [3.05, 3.63) is 77.6 Å². The largest absolute Gasteiger partial charge is 0.496 e. The Kier molecular flexibility index (Phi) is 3.40. The Balaban J connectivity index is 2.10. The lowest BCUT2D eigenvalue weighted by Crippen LogP contribution is -2.04. The highest BCUT2D eigenvalue weighted by Crippen LogP contribution is 2.24. The van der Waals surface area contributed by atoms with Crippen molar-refractivity contribution in [3.8, 4) is 5.75 Å². The monoisotopic (exact) mass is 280 g/mol. The molecule has 0 N–H and O–H groups in total. The molecule has 0 radical (unpaired) electrons. The first-order valence-electron chi connectivity index (χ1n) is 6.56. The molecule has 0 saturated carbocycles. The molecule has 3 rings (SSSR count). The van der Waals surface area contributed by atoms with Crippen LogP contribution in [0.2, 0.25) is 0 Å². The summed E-state index contributed by atoms with van der Waals surface area (Å²) in [5, 5.41) is 2.03. The van der Waals surface area contributed by atoms with Gasteiger partial charge < -0.3 is 4.74 Å². The van der Waals surface area contributed by atoms with Crippen molar-refractivity contribution in [1.29, 1.82) is 0 Å². The van der Waals surface area contributed by atoms with Crippen molar-refractivity contribution in [2.75, 3.05) is 7.11 Å². The van der Waals surface area contributed by atoms with Crippen LogP contribution < -0.4 is 4.74 Å². The number of carbonyl (C=O) groups is 1. The zero-order chi connectivity index (χ0) is 14.8. The maximum atomic E-state index is 13.4. The molecule has 0 spiro atoms. The molecule has 0 amide bonds. The van der Waals surface area contributed by atoms with Crippen LogP contribution in [0.5, 0.6) is 5.75 Å². The van der Waals surface area contributed by atoms with E-state index in [0.717, 1.165) is 10.8 Å². The number of fused-ring (bicyclic) bond motifs is 1. The summed E-state index contributed by atoms with van der Waals surface area (Å²) in [6, 6.07) is 17.2. The van der Waals surface area contributed by atoms with E-state index >= 15 is 0 Å². The molecule has 0 aromatic heterocycles. The average molecular weight is 280 g/mol. The number of ether oxygens (including phenoxy) is 1. The van der Waals surface area contributed by atoms with Gasteiger partial charge in [-0.25, -0.2) is 4.39 Å². The first-order valence-corrected chi connectivity index (χ1v) is 6.56. The minimum Gasteiger partial charge on any atom is -0.496 e. The molecular formula is C18H13FO2. The summed E-state index contributed by atoms with van der Waals surface area (Å²) >= 11 is 0. The standard InChI is InChI=1S/C18H13FO2/c1-21-17-9-8-15(19)11-16(17)18(20)14-7-6-12-4-2-3-5-13(12)10-14/h2-11H,1H3. The first kappa shape index (κ1) is 13.3. The Hall–Kier alpha value is -2.68. The average Bonchev–Trinajstić information content (AvgIpc) is 2.53. The molecule has 0 saturated heterocycles. The van der Waals surface area contributed by atoms with Crippen LogP contribution in [-0.2, 0) is 0 Å². The summed E-state index contributed by atoms with van der Waals surface area (Å²) in [5.74, 6) is -0.341. The van der Waals surface area contributed by atoms with E-state index in [1.165, 1.54) is 25.3 Å². The normalized spacial score (nSPS) is 10.6. The summed E-state index contributed by atoms with van der Waals surface area (Å²) in [7, 11) is 1.46. The van der Waals surface area contributed by atoms with Crippen molar-refractivity contribution in [2.45, 2.75) is 0 Å². The summed E-state index contributed by atoms with van der Waals surface area (Å²) in [6.45, 7) is 0. The fourth-order valence-corrected chi connectivity index (χ4v) is 2.34. The molecule has 0 bridgehead atoms. The molecule has 3 aromatic carbocycles. The lowest BCUT2D eigenvalue weighted by molar-refractivity contribution is 0.103. The Morgan fingerprint density at radius 3 is 2.48 bits per heavy atom. The number of hydrogen-bond donors (Lipinski definition) is 0. The maximum absolute atomic E-state index is 13.4. The van der Waals surface area contributed by atoms with Gasteiger partial charge in [-0.15, -0.1) is 0 Å². The van der Waals surface area contributed by atoms with E-state index in [4.69, 9.17) is 4.74 Å². The molecule has 3 heteroatoms. The summed E-state index contributed by atoms with van der Waals surface area (Å²) in [5.41, 5.74) is 0.741. The SMILES string of the molecule is COc1ccc(F)cc1C(=O)c1ccc2ccccc2c1. The molecule has 0 heterocycles. The quantitative estimate of drug-likeness (QED) is 0.671. The molecule has 0 aliphatic carbocycles. The second-order valence-corrected chi connectivity index (χ2v) is 4.74. The van der Waals surface area contributed by atoms with Gasteiger partial charge in [-0.3, -0.25) is 4.79 Å². The van der Waals surface area contributed by atoms with E-state index in [2.05, 4.69) is 0 Å². The van der Waals surface area contributed by atoms with Crippen LogP contribution >= 0.6 is 0 Å². The van der Waals surface area contributed by atoms with Crippen LogP contribution in [0.4, 0.5) is 4.39 Å². The number of ketones is 1. The van der Waals surface area contributed by atoms with Crippen molar-refractivity contribution in [2.24, 2.45) is 0 Å². The molecule has 21 heavy (non-hydrogen) atoms. The van der Waals surface area contributed by atoms with Crippen molar-refractivity contribution in [3.63, 3.8) is 0 Å². The molecule has 0 unspecified atom stereocenters. The summed E-state index contributed by atoms with van der Waals surface area (Å²) < 4.78 is 18.5. The van der Waals surface area contributed by atoms with Crippen molar-refractivity contribution < 1.29 is 13.9 Å². The lowest BCUT2D eigenvalue weighted by Gasteiger charge is -2.08. The van der Waals surface area contributed by atoms with Crippen LogP contribution in [0.25, 0.3) is 10.8 Å². The Morgan fingerprint density at radius 1 is 0.952 bits per heavy atom. The Morgan fingerprint density at radius 2 is 1.71 bits per heavy atom. The van der Waals surface area contributed by atoms with Gasteiger partial charge in [0.25, 0.3) is 0 Å². The second-order valence-electron chi connectivity index (χ2n) is 4.74. The molecule has 3 aromatic rings. The van der Waals surface area contributed by atoms with E-state index in [0.29, 0.717) is 11.3 Å². The second kappa shape index (κ2) is 5.37. The minimum absolute atomic E-state index is 0.229. The van der Waals surface area contributed by atoms with Crippen LogP contribution in [0.1, 0.15) is 15.9 Å². The van der Waals surface area contributed by atoms with Gasteiger partial charge in [0.15, 0.2) is 5.78 Å². The highest BCUT2D eigenvalue weighted by molar-refractivity contribution is 6.12. The van der Waals surface area contributed by atoms with Gasteiger partial charge in [-0.2, -0.15) is 0 Å². The van der Waals surface area contributed by atoms with Gasteiger partial charge in [0, 0.05) is 5.56 Å². The number of methoxy groups -OCH3 is 1. The van der Waals surface area contributed by atoms with Crippen LogP contribution in [0.3, 0.4) is 0 Å². The first-order chi connectivity index (χ1) is 10.2. The fraction of sp³-hybridized carbons (Fsp3) is 0.0556. The van der Waals surface area contributed by atoms with Crippen LogP contribution in [0, 0.1) is 5.82 Å². The van der Waals surface area contributed by atoms with Gasteiger partial charge in [0.05, 0.1) is 12.7 Å². The molecular weight excluding hydrogens is 267 g/mol. The highest BCUT2D eigenvalue weighted by Gasteiger charge is 2.15. The van der Waals surface area contributed by atoms with E-state index in [9.17, 15) is 9.18 Å². The lowest BCUT2D eigenvalue weighted by atomic mass is 9.99. The maximum Gasteiger partial charge on any atom is 0.196 e. The van der Waals surface area contributed by atoms with Gasteiger partial charge in [0.2, 0.25) is 0 Å². The van der Waals surface area contributed by atoms with Gasteiger partial charge >= 0.3 is 0 Å². The Bertz CT molecular complexity index is 824. The molecule has 0 aliphatic heterocycles. The van der Waals surface area contributed by atoms with Crippen molar-refractivity contribution >= 4 is 16.6 Å². The zero-order valence-corrected chi connectivity index (χ0v) is 11.5. The van der Waals surface area contributed by atoms with E-state index in [1.807, 2.05) is 36.4 Å². The predicted molar refractivity (Wildman–Crippen MR) is 80.3 cm³/mol.